The predicted molar refractivity (Wildman–Crippen MR) is 87.8 cm³/mol. The van der Waals surface area contributed by atoms with Crippen LogP contribution in [0.5, 0.6) is 0 Å². The Kier molecular flexibility index (Phi) is 5.58. The van der Waals surface area contributed by atoms with Gasteiger partial charge in [0, 0.05) is 19.0 Å². The maximum Gasteiger partial charge on any atom is 0.0991 e. The summed E-state index contributed by atoms with van der Waals surface area (Å²) in [6.45, 7) is 5.31. The minimum Gasteiger partial charge on any atom is -0.310 e. The molecule has 0 spiro atoms. The van der Waals surface area contributed by atoms with Gasteiger partial charge in [-0.15, -0.1) is 0 Å². The highest BCUT2D eigenvalue weighted by Crippen LogP contribution is 2.45. The summed E-state index contributed by atoms with van der Waals surface area (Å²) in [5, 5.41) is 21.7. The second kappa shape index (κ2) is 7.43. The first kappa shape index (κ1) is 16.5. The third-order valence-electron chi connectivity index (χ3n) is 5.29. The third-order valence-corrected chi connectivity index (χ3v) is 5.29. The Balaban J connectivity index is 1.87. The number of nitriles is 2. The van der Waals surface area contributed by atoms with Crippen LogP contribution in [0, 0.1) is 34.0 Å². The zero-order valence-corrected chi connectivity index (χ0v) is 13.6. The fraction of sp³-hybridized carbons (Fsp3) is 0.579. The molecule has 1 fully saturated rings. The van der Waals surface area contributed by atoms with Gasteiger partial charge in [-0.1, -0.05) is 26.0 Å². The van der Waals surface area contributed by atoms with Gasteiger partial charge in [-0.3, -0.25) is 0 Å². The van der Waals surface area contributed by atoms with Crippen molar-refractivity contribution < 1.29 is 0 Å². The Bertz CT molecular complexity index is 569. The van der Waals surface area contributed by atoms with Crippen molar-refractivity contribution in [1.82, 2.24) is 5.32 Å². The first-order valence-electron chi connectivity index (χ1n) is 8.19. The van der Waals surface area contributed by atoms with Crippen molar-refractivity contribution in [2.24, 2.45) is 11.3 Å². The minimum atomic E-state index is 0.216. The van der Waals surface area contributed by atoms with E-state index in [0.717, 1.165) is 43.4 Å². The smallest absolute Gasteiger partial charge is 0.0991 e. The maximum atomic E-state index is 9.11. The summed E-state index contributed by atoms with van der Waals surface area (Å²) in [5.74, 6) is 0.570. The number of nitrogens with zero attached hydrogens (tertiary/aromatic N) is 2. The van der Waals surface area contributed by atoms with Crippen LogP contribution in [0.1, 0.15) is 57.1 Å². The lowest BCUT2D eigenvalue weighted by Crippen LogP contribution is -2.39. The van der Waals surface area contributed by atoms with E-state index in [2.05, 4.69) is 37.4 Å². The van der Waals surface area contributed by atoms with Crippen molar-refractivity contribution in [3.63, 3.8) is 0 Å². The largest absolute Gasteiger partial charge is 0.310 e. The van der Waals surface area contributed by atoms with E-state index in [1.54, 1.807) is 0 Å². The second-order valence-electron chi connectivity index (χ2n) is 6.82. The molecule has 1 saturated carbocycles. The summed E-state index contributed by atoms with van der Waals surface area (Å²) in [6.07, 6.45) is 5.22. The summed E-state index contributed by atoms with van der Waals surface area (Å²) in [5.41, 5.74) is 2.10. The van der Waals surface area contributed by atoms with E-state index >= 15 is 0 Å². The van der Waals surface area contributed by atoms with Crippen LogP contribution >= 0.6 is 0 Å². The molecule has 0 aliphatic heterocycles. The molecule has 3 heteroatoms. The molecule has 1 aromatic carbocycles. The maximum absolute atomic E-state index is 9.11. The predicted octanol–water partition coefficient (Wildman–Crippen LogP) is 4.15. The highest BCUT2D eigenvalue weighted by Gasteiger charge is 2.37. The number of rotatable bonds is 5. The average molecular weight is 295 g/mol. The number of nitrogens with one attached hydrogen (secondary N) is 1. The molecule has 0 aromatic heterocycles. The molecule has 2 rings (SSSR count). The van der Waals surface area contributed by atoms with Gasteiger partial charge >= 0.3 is 0 Å². The van der Waals surface area contributed by atoms with Crippen LogP contribution in [0.25, 0.3) is 0 Å². The van der Waals surface area contributed by atoms with Crippen LogP contribution in [0.3, 0.4) is 0 Å². The van der Waals surface area contributed by atoms with E-state index in [4.69, 9.17) is 10.5 Å². The van der Waals surface area contributed by atoms with Gasteiger partial charge in [-0.05, 0) is 54.7 Å². The van der Waals surface area contributed by atoms with E-state index in [0.29, 0.717) is 18.4 Å². The Morgan fingerprint density at radius 2 is 2.00 bits per heavy atom. The van der Waals surface area contributed by atoms with Crippen molar-refractivity contribution in [3.8, 4) is 12.1 Å². The van der Waals surface area contributed by atoms with Gasteiger partial charge in [0.2, 0.25) is 0 Å². The summed E-state index contributed by atoms with van der Waals surface area (Å²) in [7, 11) is 0. The molecular weight excluding hydrogens is 270 g/mol. The lowest BCUT2D eigenvalue weighted by atomic mass is 9.64. The standard InChI is InChI=1S/C19H25N3/c1-15(2)19(10-11-20)8-6-18(7-9-19)22-14-17-5-3-4-16(12-17)13-21/h3-5,12,15,18,22H,6-10,14H2,1-2H3/t18-,19-. The van der Waals surface area contributed by atoms with Crippen LogP contribution in [-0.4, -0.2) is 6.04 Å². The van der Waals surface area contributed by atoms with Crippen LogP contribution in [0.2, 0.25) is 0 Å². The highest BCUT2D eigenvalue weighted by molar-refractivity contribution is 5.32. The molecular formula is C19H25N3. The van der Waals surface area contributed by atoms with Crippen LogP contribution in [0.4, 0.5) is 0 Å². The first-order chi connectivity index (χ1) is 10.6. The molecule has 0 bridgehead atoms. The Labute approximate surface area is 134 Å². The molecule has 1 N–H and O–H groups in total. The van der Waals surface area contributed by atoms with Gasteiger partial charge in [0.1, 0.15) is 0 Å². The molecule has 0 amide bonds. The van der Waals surface area contributed by atoms with Gasteiger partial charge in [0.05, 0.1) is 17.7 Å². The Morgan fingerprint density at radius 1 is 1.27 bits per heavy atom. The molecule has 1 aromatic rings. The van der Waals surface area contributed by atoms with Crippen LogP contribution in [-0.2, 0) is 6.54 Å². The Morgan fingerprint density at radius 3 is 2.59 bits per heavy atom. The van der Waals surface area contributed by atoms with Gasteiger partial charge in [0.25, 0.3) is 0 Å². The average Bonchev–Trinajstić information content (AvgIpc) is 2.54. The van der Waals surface area contributed by atoms with E-state index in [-0.39, 0.29) is 5.41 Å². The molecule has 1 aliphatic rings. The van der Waals surface area contributed by atoms with E-state index < -0.39 is 0 Å². The molecule has 0 radical (unpaired) electrons. The van der Waals surface area contributed by atoms with Crippen LogP contribution < -0.4 is 5.32 Å². The van der Waals surface area contributed by atoms with Gasteiger partial charge in [0.15, 0.2) is 0 Å². The molecule has 0 unspecified atom stereocenters. The number of hydrogen-bond acceptors (Lipinski definition) is 3. The first-order valence-corrected chi connectivity index (χ1v) is 8.19. The zero-order chi connectivity index (χ0) is 16.0. The lowest BCUT2D eigenvalue weighted by molar-refractivity contribution is 0.105. The molecule has 22 heavy (non-hydrogen) atoms. The van der Waals surface area contributed by atoms with Gasteiger partial charge in [-0.2, -0.15) is 10.5 Å². The fourth-order valence-corrected chi connectivity index (χ4v) is 3.53. The fourth-order valence-electron chi connectivity index (χ4n) is 3.53. The topological polar surface area (TPSA) is 59.6 Å². The van der Waals surface area contributed by atoms with Crippen molar-refractivity contribution in [1.29, 1.82) is 10.5 Å². The highest BCUT2D eigenvalue weighted by atomic mass is 14.9. The monoisotopic (exact) mass is 295 g/mol. The van der Waals surface area contributed by atoms with Gasteiger partial charge < -0.3 is 5.32 Å². The lowest BCUT2D eigenvalue weighted by Gasteiger charge is -2.42. The minimum absolute atomic E-state index is 0.216. The summed E-state index contributed by atoms with van der Waals surface area (Å²) < 4.78 is 0. The zero-order valence-electron chi connectivity index (χ0n) is 13.6. The van der Waals surface area contributed by atoms with Crippen molar-refractivity contribution in [2.45, 2.75) is 58.5 Å². The van der Waals surface area contributed by atoms with Crippen LogP contribution in [0.15, 0.2) is 24.3 Å². The van der Waals surface area contributed by atoms with Crippen molar-refractivity contribution in [3.05, 3.63) is 35.4 Å². The molecule has 1 aliphatic carbocycles. The summed E-state index contributed by atoms with van der Waals surface area (Å²) in [4.78, 5) is 0. The summed E-state index contributed by atoms with van der Waals surface area (Å²) >= 11 is 0. The van der Waals surface area contributed by atoms with Crippen molar-refractivity contribution >= 4 is 0 Å². The summed E-state index contributed by atoms with van der Waals surface area (Å²) in [6, 6.07) is 12.9. The number of benzene rings is 1. The van der Waals surface area contributed by atoms with E-state index in [1.165, 1.54) is 0 Å². The van der Waals surface area contributed by atoms with Gasteiger partial charge in [-0.25, -0.2) is 0 Å². The van der Waals surface area contributed by atoms with Crippen molar-refractivity contribution in [2.75, 3.05) is 0 Å². The Hall–Kier alpha value is -1.84. The SMILES string of the molecule is CC(C)[C@]1(CC#N)CC[C@@H](NCc2cccc(C#N)c2)CC1. The van der Waals surface area contributed by atoms with E-state index in [1.807, 2.05) is 18.2 Å². The molecule has 3 nitrogen and oxygen atoms in total. The normalized spacial score (nSPS) is 24.7. The second-order valence-corrected chi connectivity index (χ2v) is 6.82. The molecule has 0 saturated heterocycles. The quantitative estimate of drug-likeness (QED) is 0.887. The molecule has 0 atom stereocenters. The molecule has 0 heterocycles. The van der Waals surface area contributed by atoms with E-state index in [9.17, 15) is 0 Å². The third kappa shape index (κ3) is 3.87. The molecule has 116 valence electrons. The number of hydrogen-bond donors (Lipinski definition) is 1.